The summed E-state index contributed by atoms with van der Waals surface area (Å²) < 4.78 is 10.0. The van der Waals surface area contributed by atoms with Crippen molar-refractivity contribution in [2.24, 2.45) is 0 Å². The number of carbonyl (C=O) groups is 1. The van der Waals surface area contributed by atoms with E-state index in [1.807, 2.05) is 30.3 Å². The molecular formula is C11H14O3. The van der Waals surface area contributed by atoms with Gasteiger partial charge >= 0.3 is 0 Å². The van der Waals surface area contributed by atoms with Crippen LogP contribution in [0.2, 0.25) is 0 Å². The van der Waals surface area contributed by atoms with Gasteiger partial charge in [-0.05, 0) is 12.5 Å². The van der Waals surface area contributed by atoms with Crippen LogP contribution in [0.5, 0.6) is 0 Å². The van der Waals surface area contributed by atoms with E-state index >= 15 is 0 Å². The third-order valence-electron chi connectivity index (χ3n) is 1.75. The highest BCUT2D eigenvalue weighted by atomic mass is 16.6. The average Bonchev–Trinajstić information content (AvgIpc) is 2.20. The highest BCUT2D eigenvalue weighted by Crippen LogP contribution is 2.01. The van der Waals surface area contributed by atoms with Crippen molar-refractivity contribution < 1.29 is 14.3 Å². The Morgan fingerprint density at radius 3 is 2.71 bits per heavy atom. The summed E-state index contributed by atoms with van der Waals surface area (Å²) in [5.41, 5.74) is 1.12. The highest BCUT2D eigenvalue weighted by molar-refractivity contribution is 5.37. The molecule has 0 aromatic heterocycles. The molecule has 1 aromatic rings. The van der Waals surface area contributed by atoms with Crippen molar-refractivity contribution in [2.75, 3.05) is 6.61 Å². The van der Waals surface area contributed by atoms with Gasteiger partial charge < -0.3 is 9.47 Å². The van der Waals surface area contributed by atoms with E-state index < -0.39 is 0 Å². The second-order valence-electron chi connectivity index (χ2n) is 3.04. The lowest BCUT2D eigenvalue weighted by Gasteiger charge is -2.09. The molecule has 0 bridgehead atoms. The Bertz CT molecular complexity index is 258. The zero-order valence-corrected chi connectivity index (χ0v) is 8.18. The molecule has 0 aliphatic heterocycles. The first-order chi connectivity index (χ1) is 6.83. The van der Waals surface area contributed by atoms with Crippen molar-refractivity contribution in [3.8, 4) is 0 Å². The fraction of sp³-hybridized carbons (Fsp3) is 0.364. The first-order valence-corrected chi connectivity index (χ1v) is 4.53. The van der Waals surface area contributed by atoms with Gasteiger partial charge in [-0.25, -0.2) is 0 Å². The van der Waals surface area contributed by atoms with Crippen LogP contribution in [-0.4, -0.2) is 19.2 Å². The predicted molar refractivity (Wildman–Crippen MR) is 52.7 cm³/mol. The first kappa shape index (κ1) is 10.7. The zero-order valence-electron chi connectivity index (χ0n) is 8.18. The average molecular weight is 194 g/mol. The number of carbonyl (C=O) groups excluding carboxylic acids is 1. The largest absolute Gasteiger partial charge is 0.462 e. The lowest BCUT2D eigenvalue weighted by Crippen LogP contribution is -2.14. The Hall–Kier alpha value is -1.35. The molecular weight excluding hydrogens is 180 g/mol. The Kier molecular flexibility index (Phi) is 4.72. The van der Waals surface area contributed by atoms with Gasteiger partial charge in [0.15, 0.2) is 0 Å². The van der Waals surface area contributed by atoms with E-state index in [2.05, 4.69) is 4.74 Å². The zero-order chi connectivity index (χ0) is 10.2. The number of rotatable bonds is 6. The smallest absolute Gasteiger partial charge is 0.293 e. The maximum absolute atomic E-state index is 9.97. The van der Waals surface area contributed by atoms with Crippen molar-refractivity contribution >= 4 is 6.47 Å². The van der Waals surface area contributed by atoms with Crippen LogP contribution in [0.3, 0.4) is 0 Å². The fourth-order valence-corrected chi connectivity index (χ4v) is 1.05. The third kappa shape index (κ3) is 4.05. The van der Waals surface area contributed by atoms with Crippen LogP contribution >= 0.6 is 0 Å². The lowest BCUT2D eigenvalue weighted by atomic mass is 10.2. The second kappa shape index (κ2) is 6.16. The van der Waals surface area contributed by atoms with Crippen molar-refractivity contribution in [2.45, 2.75) is 19.6 Å². The summed E-state index contributed by atoms with van der Waals surface area (Å²) in [6.45, 7) is 3.21. The molecule has 1 aromatic carbocycles. The van der Waals surface area contributed by atoms with E-state index in [0.29, 0.717) is 19.7 Å². The first-order valence-electron chi connectivity index (χ1n) is 4.53. The monoisotopic (exact) mass is 194 g/mol. The molecule has 0 N–H and O–H groups in total. The van der Waals surface area contributed by atoms with E-state index in [0.717, 1.165) is 5.56 Å². The van der Waals surface area contributed by atoms with Gasteiger partial charge in [-0.3, -0.25) is 4.79 Å². The summed E-state index contributed by atoms with van der Waals surface area (Å²) in [6, 6.07) is 9.87. The molecule has 0 amide bonds. The van der Waals surface area contributed by atoms with Crippen molar-refractivity contribution in [3.63, 3.8) is 0 Å². The maximum Gasteiger partial charge on any atom is 0.293 e. The molecule has 0 heterocycles. The number of benzene rings is 1. The quantitative estimate of drug-likeness (QED) is 0.647. The molecule has 0 saturated heterocycles. The highest BCUT2D eigenvalue weighted by Gasteiger charge is 2.00. The second-order valence-corrected chi connectivity index (χ2v) is 3.04. The van der Waals surface area contributed by atoms with Gasteiger partial charge in [0.1, 0.15) is 6.10 Å². The molecule has 0 fully saturated rings. The fourth-order valence-electron chi connectivity index (χ4n) is 1.05. The van der Waals surface area contributed by atoms with Gasteiger partial charge in [0.05, 0.1) is 13.2 Å². The van der Waals surface area contributed by atoms with Gasteiger partial charge in [-0.2, -0.15) is 0 Å². The molecule has 0 aliphatic rings. The molecule has 1 unspecified atom stereocenters. The van der Waals surface area contributed by atoms with Crippen LogP contribution in [0.25, 0.3) is 0 Å². The summed E-state index contributed by atoms with van der Waals surface area (Å²) in [7, 11) is 0. The number of hydrogen-bond donors (Lipinski definition) is 0. The topological polar surface area (TPSA) is 35.5 Å². The SMILES string of the molecule is CC(COCc1ccccc1)OC=O. The van der Waals surface area contributed by atoms with Crippen LogP contribution in [0.4, 0.5) is 0 Å². The van der Waals surface area contributed by atoms with Crippen molar-refractivity contribution in [1.82, 2.24) is 0 Å². The number of ether oxygens (including phenoxy) is 2. The maximum atomic E-state index is 9.97. The minimum atomic E-state index is -0.184. The van der Waals surface area contributed by atoms with E-state index in [9.17, 15) is 4.79 Å². The van der Waals surface area contributed by atoms with E-state index in [1.54, 1.807) is 6.92 Å². The van der Waals surface area contributed by atoms with E-state index in [4.69, 9.17) is 4.74 Å². The molecule has 0 spiro atoms. The van der Waals surface area contributed by atoms with Crippen LogP contribution in [-0.2, 0) is 20.9 Å². The third-order valence-corrected chi connectivity index (χ3v) is 1.75. The number of hydrogen-bond acceptors (Lipinski definition) is 3. The van der Waals surface area contributed by atoms with Crippen LogP contribution in [0, 0.1) is 0 Å². The summed E-state index contributed by atoms with van der Waals surface area (Å²) in [4.78, 5) is 9.97. The Labute approximate surface area is 83.6 Å². The molecule has 0 saturated carbocycles. The molecule has 3 nitrogen and oxygen atoms in total. The van der Waals surface area contributed by atoms with Gasteiger partial charge in [0.25, 0.3) is 6.47 Å². The van der Waals surface area contributed by atoms with Gasteiger partial charge in [0.2, 0.25) is 0 Å². The standard InChI is InChI=1S/C11H14O3/c1-10(14-9-12)7-13-8-11-5-3-2-4-6-11/h2-6,9-10H,7-8H2,1H3. The van der Waals surface area contributed by atoms with Gasteiger partial charge in [0, 0.05) is 0 Å². The molecule has 0 aliphatic carbocycles. The van der Waals surface area contributed by atoms with Gasteiger partial charge in [-0.1, -0.05) is 30.3 Å². The summed E-state index contributed by atoms with van der Waals surface area (Å²) in [6.07, 6.45) is -0.184. The lowest BCUT2D eigenvalue weighted by molar-refractivity contribution is -0.135. The molecule has 3 heteroatoms. The van der Waals surface area contributed by atoms with Crippen LogP contribution < -0.4 is 0 Å². The minimum Gasteiger partial charge on any atom is -0.462 e. The molecule has 0 radical (unpaired) electrons. The van der Waals surface area contributed by atoms with Crippen LogP contribution in [0.1, 0.15) is 12.5 Å². The predicted octanol–water partition coefficient (Wildman–Crippen LogP) is 1.76. The van der Waals surface area contributed by atoms with Crippen LogP contribution in [0.15, 0.2) is 30.3 Å². The van der Waals surface area contributed by atoms with Crippen molar-refractivity contribution in [3.05, 3.63) is 35.9 Å². The van der Waals surface area contributed by atoms with E-state index in [1.165, 1.54) is 0 Å². The Morgan fingerprint density at radius 2 is 2.07 bits per heavy atom. The van der Waals surface area contributed by atoms with Gasteiger partial charge in [-0.15, -0.1) is 0 Å². The van der Waals surface area contributed by atoms with E-state index in [-0.39, 0.29) is 6.10 Å². The summed E-state index contributed by atoms with van der Waals surface area (Å²) in [5.74, 6) is 0. The Balaban J connectivity index is 2.18. The summed E-state index contributed by atoms with van der Waals surface area (Å²) in [5, 5.41) is 0. The molecule has 1 rings (SSSR count). The van der Waals surface area contributed by atoms with Crippen molar-refractivity contribution in [1.29, 1.82) is 0 Å². The molecule has 14 heavy (non-hydrogen) atoms. The normalized spacial score (nSPS) is 12.1. The molecule has 76 valence electrons. The summed E-state index contributed by atoms with van der Waals surface area (Å²) >= 11 is 0. The molecule has 1 atom stereocenters. The Morgan fingerprint density at radius 1 is 1.36 bits per heavy atom. The minimum absolute atomic E-state index is 0.184.